The van der Waals surface area contributed by atoms with Crippen LogP contribution in [0.5, 0.6) is 0 Å². The molecule has 0 bridgehead atoms. The van der Waals surface area contributed by atoms with E-state index in [1.54, 1.807) is 36.0 Å². The lowest BCUT2D eigenvalue weighted by molar-refractivity contribution is -0.176. The fraction of sp³-hybridized carbons (Fsp3) is 0.350. The van der Waals surface area contributed by atoms with E-state index in [-0.39, 0.29) is 12.6 Å². The molecule has 2 aromatic rings. The summed E-state index contributed by atoms with van der Waals surface area (Å²) in [6.07, 6.45) is -4.32. The molecule has 0 unspecified atom stereocenters. The first kappa shape index (κ1) is 22.1. The van der Waals surface area contributed by atoms with E-state index < -0.39 is 12.8 Å². The van der Waals surface area contributed by atoms with Gasteiger partial charge in [0.2, 0.25) is 0 Å². The minimum atomic E-state index is -4.32. The lowest BCUT2D eigenvalue weighted by atomic mass is 10.1. The number of nitrogens with one attached hydrogen (secondary N) is 2. The van der Waals surface area contributed by atoms with Crippen molar-refractivity contribution in [3.05, 3.63) is 65.2 Å². The van der Waals surface area contributed by atoms with Crippen LogP contribution in [0.4, 0.5) is 18.0 Å². The Morgan fingerprint density at radius 2 is 1.64 bits per heavy atom. The zero-order valence-electron chi connectivity index (χ0n) is 15.5. The van der Waals surface area contributed by atoms with Gasteiger partial charge in [-0.25, -0.2) is 4.79 Å². The van der Waals surface area contributed by atoms with Crippen molar-refractivity contribution in [2.75, 3.05) is 18.9 Å². The van der Waals surface area contributed by atoms with Crippen molar-refractivity contribution in [3.8, 4) is 0 Å². The van der Waals surface area contributed by atoms with E-state index in [0.29, 0.717) is 18.7 Å². The van der Waals surface area contributed by atoms with E-state index in [4.69, 9.17) is 0 Å². The summed E-state index contributed by atoms with van der Waals surface area (Å²) in [6, 6.07) is 14.8. The van der Waals surface area contributed by atoms with Crippen LogP contribution < -0.4 is 10.6 Å². The van der Waals surface area contributed by atoms with E-state index in [1.165, 1.54) is 5.56 Å². The van der Waals surface area contributed by atoms with Crippen LogP contribution in [0, 0.1) is 6.92 Å². The molecule has 0 spiro atoms. The van der Waals surface area contributed by atoms with Crippen molar-refractivity contribution in [2.45, 2.75) is 31.1 Å². The van der Waals surface area contributed by atoms with Crippen molar-refractivity contribution < 1.29 is 22.7 Å². The predicted molar refractivity (Wildman–Crippen MR) is 104 cm³/mol. The molecule has 2 amide bonds. The van der Waals surface area contributed by atoms with Crippen LogP contribution in [-0.4, -0.2) is 31.1 Å². The molecule has 152 valence electrons. The largest absolute Gasteiger partial charge is 0.411 e. The van der Waals surface area contributed by atoms with Crippen LogP contribution in [0.15, 0.2) is 53.4 Å². The van der Waals surface area contributed by atoms with Gasteiger partial charge in [-0.2, -0.15) is 13.2 Å². The Labute approximate surface area is 166 Å². The molecule has 0 fully saturated rings. The normalized spacial score (nSPS) is 11.3. The number of urea groups is 1. The zero-order chi connectivity index (χ0) is 20.4. The SMILES string of the molecule is Cc1ccc(SCCNC(=O)NCc2ccc(COCC(F)(F)F)cc2)cc1. The molecule has 0 aliphatic carbocycles. The summed E-state index contributed by atoms with van der Waals surface area (Å²) in [5.41, 5.74) is 2.71. The van der Waals surface area contributed by atoms with Crippen LogP contribution in [0.25, 0.3) is 0 Å². The van der Waals surface area contributed by atoms with Gasteiger partial charge in [-0.1, -0.05) is 42.0 Å². The monoisotopic (exact) mass is 412 g/mol. The molecule has 2 rings (SSSR count). The fourth-order valence-electron chi connectivity index (χ4n) is 2.25. The number of aryl methyl sites for hydroxylation is 1. The number of benzene rings is 2. The number of thioether (sulfide) groups is 1. The molecule has 0 saturated heterocycles. The highest BCUT2D eigenvalue weighted by Crippen LogP contribution is 2.17. The number of ether oxygens (including phenoxy) is 1. The summed E-state index contributed by atoms with van der Waals surface area (Å²) in [7, 11) is 0. The molecule has 0 aliphatic heterocycles. The van der Waals surface area contributed by atoms with Crippen molar-refractivity contribution in [2.24, 2.45) is 0 Å². The van der Waals surface area contributed by atoms with Gasteiger partial charge >= 0.3 is 12.2 Å². The Morgan fingerprint density at radius 1 is 1.00 bits per heavy atom. The molecule has 4 nitrogen and oxygen atoms in total. The van der Waals surface area contributed by atoms with Crippen LogP contribution in [0.3, 0.4) is 0 Å². The number of amides is 2. The Morgan fingerprint density at radius 3 is 2.29 bits per heavy atom. The first-order chi connectivity index (χ1) is 13.3. The molecule has 0 radical (unpaired) electrons. The van der Waals surface area contributed by atoms with Crippen LogP contribution in [-0.2, 0) is 17.9 Å². The third-order valence-electron chi connectivity index (χ3n) is 3.69. The summed E-state index contributed by atoms with van der Waals surface area (Å²) in [6.45, 7) is 1.54. The molecule has 2 N–H and O–H groups in total. The van der Waals surface area contributed by atoms with E-state index in [9.17, 15) is 18.0 Å². The van der Waals surface area contributed by atoms with Crippen molar-refractivity contribution in [1.82, 2.24) is 10.6 Å². The first-order valence-corrected chi connectivity index (χ1v) is 9.74. The topological polar surface area (TPSA) is 50.4 Å². The maximum atomic E-state index is 12.0. The van der Waals surface area contributed by atoms with Crippen LogP contribution in [0.1, 0.15) is 16.7 Å². The number of carbonyl (C=O) groups excluding carboxylic acids is 1. The number of hydrogen-bond donors (Lipinski definition) is 2. The number of hydrogen-bond acceptors (Lipinski definition) is 3. The Kier molecular flexibility index (Phi) is 8.66. The fourth-order valence-corrected chi connectivity index (χ4v) is 3.02. The molecule has 2 aromatic carbocycles. The van der Waals surface area contributed by atoms with E-state index in [0.717, 1.165) is 16.2 Å². The van der Waals surface area contributed by atoms with Crippen LogP contribution >= 0.6 is 11.8 Å². The second-order valence-electron chi connectivity index (χ2n) is 6.20. The lowest BCUT2D eigenvalue weighted by Gasteiger charge is -2.09. The Hall–Kier alpha value is -2.19. The van der Waals surface area contributed by atoms with Gasteiger partial charge in [-0.3, -0.25) is 0 Å². The molecular weight excluding hydrogens is 389 g/mol. The van der Waals surface area contributed by atoms with E-state index in [2.05, 4.69) is 39.6 Å². The molecule has 8 heteroatoms. The van der Waals surface area contributed by atoms with E-state index >= 15 is 0 Å². The second-order valence-corrected chi connectivity index (χ2v) is 7.36. The summed E-state index contributed by atoms with van der Waals surface area (Å²) >= 11 is 1.67. The molecule has 0 aromatic heterocycles. The van der Waals surface area contributed by atoms with Gasteiger partial charge in [0.05, 0.1) is 6.61 Å². The van der Waals surface area contributed by atoms with Gasteiger partial charge in [0, 0.05) is 23.7 Å². The Bertz CT molecular complexity index is 735. The lowest BCUT2D eigenvalue weighted by Crippen LogP contribution is -2.36. The number of halogens is 3. The number of carbonyl (C=O) groups is 1. The summed E-state index contributed by atoms with van der Waals surface area (Å²) in [5.74, 6) is 0.767. The van der Waals surface area contributed by atoms with E-state index in [1.807, 2.05) is 6.92 Å². The third kappa shape index (κ3) is 9.14. The average molecular weight is 412 g/mol. The minimum absolute atomic E-state index is 0.105. The second kappa shape index (κ2) is 11.0. The van der Waals surface area contributed by atoms with Gasteiger partial charge in [0.25, 0.3) is 0 Å². The number of alkyl halides is 3. The molecule has 0 saturated carbocycles. The van der Waals surface area contributed by atoms with Gasteiger partial charge < -0.3 is 15.4 Å². The Balaban J connectivity index is 1.60. The highest BCUT2D eigenvalue weighted by molar-refractivity contribution is 7.99. The zero-order valence-corrected chi connectivity index (χ0v) is 16.3. The quantitative estimate of drug-likeness (QED) is 0.465. The molecule has 28 heavy (non-hydrogen) atoms. The average Bonchev–Trinajstić information content (AvgIpc) is 2.65. The number of rotatable bonds is 9. The molecular formula is C20H23F3N2O2S. The standard InChI is InChI=1S/C20H23F3N2O2S/c1-15-2-8-18(9-3-15)28-11-10-24-19(26)25-12-16-4-6-17(7-5-16)13-27-14-20(21,22)23/h2-9H,10-14H2,1H3,(H2,24,25,26). The maximum Gasteiger partial charge on any atom is 0.411 e. The third-order valence-corrected chi connectivity index (χ3v) is 4.70. The van der Waals surface area contributed by atoms with Crippen molar-refractivity contribution >= 4 is 17.8 Å². The highest BCUT2D eigenvalue weighted by Gasteiger charge is 2.27. The smallest absolute Gasteiger partial charge is 0.367 e. The minimum Gasteiger partial charge on any atom is -0.367 e. The highest BCUT2D eigenvalue weighted by atomic mass is 32.2. The first-order valence-electron chi connectivity index (χ1n) is 8.75. The van der Waals surface area contributed by atoms with Gasteiger partial charge in [0.1, 0.15) is 6.61 Å². The van der Waals surface area contributed by atoms with Crippen molar-refractivity contribution in [1.29, 1.82) is 0 Å². The predicted octanol–water partition coefficient (Wildman–Crippen LogP) is 4.67. The molecule has 0 atom stereocenters. The van der Waals surface area contributed by atoms with Crippen molar-refractivity contribution in [3.63, 3.8) is 0 Å². The maximum absolute atomic E-state index is 12.0. The van der Waals surface area contributed by atoms with Gasteiger partial charge in [-0.05, 0) is 30.2 Å². The van der Waals surface area contributed by atoms with Gasteiger partial charge in [0.15, 0.2) is 0 Å². The summed E-state index contributed by atoms with van der Waals surface area (Å²) in [5, 5.41) is 5.54. The van der Waals surface area contributed by atoms with Crippen LogP contribution in [0.2, 0.25) is 0 Å². The van der Waals surface area contributed by atoms with Gasteiger partial charge in [-0.15, -0.1) is 11.8 Å². The molecule has 0 aliphatic rings. The molecule has 0 heterocycles. The summed E-state index contributed by atoms with van der Waals surface area (Å²) in [4.78, 5) is 13.0. The summed E-state index contributed by atoms with van der Waals surface area (Å²) < 4.78 is 40.7.